The van der Waals surface area contributed by atoms with Gasteiger partial charge in [0.2, 0.25) is 0 Å². The van der Waals surface area contributed by atoms with Crippen molar-refractivity contribution in [1.29, 1.82) is 0 Å². The molecule has 3 heteroatoms. The average Bonchev–Trinajstić information content (AvgIpc) is 2.26. The van der Waals surface area contributed by atoms with E-state index in [1.165, 1.54) is 32.4 Å². The van der Waals surface area contributed by atoms with Crippen LogP contribution in [0.1, 0.15) is 26.2 Å². The molecule has 3 nitrogen and oxygen atoms in total. The van der Waals surface area contributed by atoms with Gasteiger partial charge in [0, 0.05) is 26.2 Å². The normalized spacial score (nSPS) is 26.4. The Kier molecular flexibility index (Phi) is 5.45. The zero-order valence-electron chi connectivity index (χ0n) is 9.54. The first-order chi connectivity index (χ1) is 6.81. The van der Waals surface area contributed by atoms with Crippen LogP contribution in [0.2, 0.25) is 0 Å². The van der Waals surface area contributed by atoms with E-state index in [9.17, 15) is 0 Å². The molecule has 0 aromatic heterocycles. The number of piperidine rings is 1. The maximum absolute atomic E-state index is 5.75. The van der Waals surface area contributed by atoms with Crippen molar-refractivity contribution in [1.82, 2.24) is 4.90 Å². The average molecular weight is 200 g/mol. The summed E-state index contributed by atoms with van der Waals surface area (Å²) in [6.45, 7) is 6.17. The number of rotatable bonds is 5. The standard InChI is InChI=1S/C11H24N2O/c1-3-10-5-4-6-13(8-10)11(7-12)9-14-2/h10-11H,3-9,12H2,1-2H3. The van der Waals surface area contributed by atoms with E-state index in [-0.39, 0.29) is 0 Å². The van der Waals surface area contributed by atoms with Crippen LogP contribution in [-0.2, 0) is 4.74 Å². The number of nitrogens with zero attached hydrogens (tertiary/aromatic N) is 1. The van der Waals surface area contributed by atoms with Gasteiger partial charge in [0.1, 0.15) is 0 Å². The molecular weight excluding hydrogens is 176 g/mol. The summed E-state index contributed by atoms with van der Waals surface area (Å²) in [5, 5.41) is 0. The predicted octanol–water partition coefficient (Wildman–Crippen LogP) is 1.08. The molecule has 0 radical (unpaired) electrons. The van der Waals surface area contributed by atoms with Crippen LogP contribution in [0.3, 0.4) is 0 Å². The lowest BCUT2D eigenvalue weighted by atomic mass is 9.94. The number of ether oxygens (including phenoxy) is 1. The molecular formula is C11H24N2O. The predicted molar refractivity (Wildman–Crippen MR) is 59.3 cm³/mol. The Morgan fingerprint density at radius 3 is 2.93 bits per heavy atom. The van der Waals surface area contributed by atoms with Gasteiger partial charge in [-0.15, -0.1) is 0 Å². The van der Waals surface area contributed by atoms with E-state index in [0.29, 0.717) is 12.6 Å². The highest BCUT2D eigenvalue weighted by Crippen LogP contribution is 2.20. The second-order valence-corrected chi connectivity index (χ2v) is 4.26. The lowest BCUT2D eigenvalue weighted by Crippen LogP contribution is -2.48. The highest BCUT2D eigenvalue weighted by molar-refractivity contribution is 4.79. The Morgan fingerprint density at radius 1 is 1.57 bits per heavy atom. The molecule has 2 atom stereocenters. The van der Waals surface area contributed by atoms with E-state index in [1.807, 2.05) is 0 Å². The quantitative estimate of drug-likeness (QED) is 0.722. The van der Waals surface area contributed by atoms with Gasteiger partial charge in [-0.25, -0.2) is 0 Å². The zero-order chi connectivity index (χ0) is 10.4. The summed E-state index contributed by atoms with van der Waals surface area (Å²) in [6.07, 6.45) is 4.00. The maximum Gasteiger partial charge on any atom is 0.0630 e. The smallest absolute Gasteiger partial charge is 0.0630 e. The van der Waals surface area contributed by atoms with Crippen LogP contribution < -0.4 is 5.73 Å². The van der Waals surface area contributed by atoms with Crippen molar-refractivity contribution in [3.8, 4) is 0 Å². The van der Waals surface area contributed by atoms with Crippen molar-refractivity contribution in [3.05, 3.63) is 0 Å². The first kappa shape index (κ1) is 12.0. The first-order valence-corrected chi connectivity index (χ1v) is 5.74. The Hall–Kier alpha value is -0.120. The molecule has 0 bridgehead atoms. The molecule has 2 unspecified atom stereocenters. The molecule has 1 aliphatic rings. The molecule has 0 aromatic carbocycles. The fourth-order valence-electron chi connectivity index (χ4n) is 2.28. The summed E-state index contributed by atoms with van der Waals surface area (Å²) >= 11 is 0. The Balaban J connectivity index is 2.40. The minimum absolute atomic E-state index is 0.425. The van der Waals surface area contributed by atoms with Gasteiger partial charge < -0.3 is 10.5 Å². The molecule has 0 aromatic rings. The minimum Gasteiger partial charge on any atom is -0.383 e. The number of methoxy groups -OCH3 is 1. The van der Waals surface area contributed by atoms with Gasteiger partial charge in [0.15, 0.2) is 0 Å². The van der Waals surface area contributed by atoms with Crippen LogP contribution >= 0.6 is 0 Å². The second-order valence-electron chi connectivity index (χ2n) is 4.26. The third kappa shape index (κ3) is 3.23. The molecule has 0 amide bonds. The number of hydrogen-bond donors (Lipinski definition) is 1. The molecule has 0 saturated carbocycles. The summed E-state index contributed by atoms with van der Waals surface area (Å²) < 4.78 is 5.20. The maximum atomic E-state index is 5.75. The van der Waals surface area contributed by atoms with E-state index in [0.717, 1.165) is 12.5 Å². The van der Waals surface area contributed by atoms with Crippen molar-refractivity contribution in [2.24, 2.45) is 11.7 Å². The molecule has 1 saturated heterocycles. The molecule has 1 aliphatic heterocycles. The topological polar surface area (TPSA) is 38.5 Å². The number of nitrogens with two attached hydrogens (primary N) is 1. The molecule has 14 heavy (non-hydrogen) atoms. The fraction of sp³-hybridized carbons (Fsp3) is 1.00. The Morgan fingerprint density at radius 2 is 2.36 bits per heavy atom. The molecule has 0 spiro atoms. The Labute approximate surface area is 87.6 Å². The van der Waals surface area contributed by atoms with Gasteiger partial charge in [0.05, 0.1) is 6.61 Å². The largest absolute Gasteiger partial charge is 0.383 e. The van der Waals surface area contributed by atoms with Gasteiger partial charge in [-0.1, -0.05) is 13.3 Å². The van der Waals surface area contributed by atoms with Crippen LogP contribution in [0.5, 0.6) is 0 Å². The molecule has 1 rings (SSSR count). The SMILES string of the molecule is CCC1CCCN(C(CN)COC)C1. The zero-order valence-corrected chi connectivity index (χ0v) is 9.54. The van der Waals surface area contributed by atoms with Gasteiger partial charge >= 0.3 is 0 Å². The summed E-state index contributed by atoms with van der Waals surface area (Å²) in [6, 6.07) is 0.425. The first-order valence-electron chi connectivity index (χ1n) is 5.74. The number of hydrogen-bond acceptors (Lipinski definition) is 3. The molecule has 1 fully saturated rings. The summed E-state index contributed by atoms with van der Waals surface area (Å²) in [5.41, 5.74) is 5.75. The van der Waals surface area contributed by atoms with Crippen molar-refractivity contribution >= 4 is 0 Å². The van der Waals surface area contributed by atoms with E-state index in [1.54, 1.807) is 7.11 Å². The summed E-state index contributed by atoms with van der Waals surface area (Å²) in [5.74, 6) is 0.870. The molecule has 84 valence electrons. The van der Waals surface area contributed by atoms with E-state index >= 15 is 0 Å². The van der Waals surface area contributed by atoms with E-state index in [2.05, 4.69) is 11.8 Å². The monoisotopic (exact) mass is 200 g/mol. The van der Waals surface area contributed by atoms with Gasteiger partial charge in [-0.05, 0) is 25.3 Å². The van der Waals surface area contributed by atoms with Crippen molar-refractivity contribution in [2.75, 3.05) is 33.4 Å². The van der Waals surface area contributed by atoms with Gasteiger partial charge in [0.25, 0.3) is 0 Å². The van der Waals surface area contributed by atoms with Crippen LogP contribution in [0.4, 0.5) is 0 Å². The third-order valence-corrected chi connectivity index (χ3v) is 3.28. The van der Waals surface area contributed by atoms with Crippen molar-refractivity contribution in [3.63, 3.8) is 0 Å². The Bertz CT molecular complexity index is 152. The van der Waals surface area contributed by atoms with Crippen LogP contribution in [-0.4, -0.2) is 44.3 Å². The second kappa shape index (κ2) is 6.38. The van der Waals surface area contributed by atoms with Crippen LogP contribution in [0, 0.1) is 5.92 Å². The van der Waals surface area contributed by atoms with Crippen molar-refractivity contribution in [2.45, 2.75) is 32.2 Å². The van der Waals surface area contributed by atoms with Crippen molar-refractivity contribution < 1.29 is 4.74 Å². The molecule has 2 N–H and O–H groups in total. The van der Waals surface area contributed by atoms with Crippen LogP contribution in [0.25, 0.3) is 0 Å². The van der Waals surface area contributed by atoms with E-state index < -0.39 is 0 Å². The van der Waals surface area contributed by atoms with E-state index in [4.69, 9.17) is 10.5 Å². The summed E-state index contributed by atoms with van der Waals surface area (Å²) in [7, 11) is 1.75. The lowest BCUT2D eigenvalue weighted by Gasteiger charge is -2.37. The number of likely N-dealkylation sites (tertiary alicyclic amines) is 1. The molecule has 1 heterocycles. The third-order valence-electron chi connectivity index (χ3n) is 3.28. The minimum atomic E-state index is 0.425. The fourth-order valence-corrected chi connectivity index (χ4v) is 2.28. The highest BCUT2D eigenvalue weighted by Gasteiger charge is 2.23. The van der Waals surface area contributed by atoms with Gasteiger partial charge in [-0.2, -0.15) is 0 Å². The van der Waals surface area contributed by atoms with Gasteiger partial charge in [-0.3, -0.25) is 4.90 Å². The lowest BCUT2D eigenvalue weighted by molar-refractivity contribution is 0.0626. The molecule has 0 aliphatic carbocycles. The summed E-state index contributed by atoms with van der Waals surface area (Å²) in [4.78, 5) is 2.50. The highest BCUT2D eigenvalue weighted by atomic mass is 16.5. The van der Waals surface area contributed by atoms with Crippen LogP contribution in [0.15, 0.2) is 0 Å².